The van der Waals surface area contributed by atoms with Crippen LogP contribution in [0.15, 0.2) is 52.3 Å². The van der Waals surface area contributed by atoms with Gasteiger partial charge in [-0.2, -0.15) is 0 Å². The maximum atomic E-state index is 5.44. The predicted octanol–water partition coefficient (Wildman–Crippen LogP) is 5.33. The van der Waals surface area contributed by atoms with Crippen molar-refractivity contribution in [2.45, 2.75) is 0 Å². The van der Waals surface area contributed by atoms with Gasteiger partial charge in [0.05, 0.1) is 19.9 Å². The monoisotopic (exact) mass is 390 g/mol. The summed E-state index contributed by atoms with van der Waals surface area (Å²) < 4.78 is 11.7. The van der Waals surface area contributed by atoms with Crippen molar-refractivity contribution in [3.8, 4) is 22.8 Å². The standard InChI is InChI=1S/C17H15BrN2O2S/c1-21-13-7-8-14(16(9-13)22-2)15-10-23-17(20-15)19-12-5-3-11(18)4-6-12/h3-10H,1-2H3,(H,19,20). The van der Waals surface area contributed by atoms with Crippen LogP contribution in [0.25, 0.3) is 11.3 Å². The number of rotatable bonds is 5. The van der Waals surface area contributed by atoms with Crippen LogP contribution in [-0.2, 0) is 0 Å². The van der Waals surface area contributed by atoms with Crippen LogP contribution in [0, 0.1) is 0 Å². The summed E-state index contributed by atoms with van der Waals surface area (Å²) in [6.45, 7) is 0. The fraction of sp³-hybridized carbons (Fsp3) is 0.118. The van der Waals surface area contributed by atoms with Gasteiger partial charge in [-0.3, -0.25) is 0 Å². The lowest BCUT2D eigenvalue weighted by molar-refractivity contribution is 0.395. The number of anilines is 2. The van der Waals surface area contributed by atoms with Crippen molar-refractivity contribution in [3.05, 3.63) is 52.3 Å². The Morgan fingerprint density at radius 1 is 1.04 bits per heavy atom. The highest BCUT2D eigenvalue weighted by molar-refractivity contribution is 9.10. The van der Waals surface area contributed by atoms with Gasteiger partial charge >= 0.3 is 0 Å². The highest BCUT2D eigenvalue weighted by atomic mass is 79.9. The molecule has 23 heavy (non-hydrogen) atoms. The van der Waals surface area contributed by atoms with Crippen molar-refractivity contribution in [3.63, 3.8) is 0 Å². The average molecular weight is 391 g/mol. The van der Waals surface area contributed by atoms with E-state index in [9.17, 15) is 0 Å². The Bertz CT molecular complexity index is 803. The summed E-state index contributed by atoms with van der Waals surface area (Å²) >= 11 is 4.98. The quantitative estimate of drug-likeness (QED) is 0.638. The molecule has 0 fully saturated rings. The van der Waals surface area contributed by atoms with Crippen LogP contribution >= 0.6 is 27.3 Å². The first kappa shape index (κ1) is 15.8. The third-order valence-corrected chi connectivity index (χ3v) is 4.57. The molecule has 118 valence electrons. The maximum Gasteiger partial charge on any atom is 0.187 e. The minimum Gasteiger partial charge on any atom is -0.497 e. The first-order chi connectivity index (χ1) is 11.2. The van der Waals surface area contributed by atoms with Gasteiger partial charge in [0.2, 0.25) is 0 Å². The molecule has 0 bridgehead atoms. The minimum atomic E-state index is 0.741. The number of ether oxygens (including phenoxy) is 2. The number of nitrogens with one attached hydrogen (secondary N) is 1. The molecule has 0 amide bonds. The molecule has 0 atom stereocenters. The number of aromatic nitrogens is 1. The molecule has 0 unspecified atom stereocenters. The number of thiazole rings is 1. The van der Waals surface area contributed by atoms with Gasteiger partial charge in [0.1, 0.15) is 11.5 Å². The van der Waals surface area contributed by atoms with Gasteiger partial charge in [-0.15, -0.1) is 11.3 Å². The zero-order chi connectivity index (χ0) is 16.2. The molecule has 0 radical (unpaired) electrons. The zero-order valence-electron chi connectivity index (χ0n) is 12.7. The normalized spacial score (nSPS) is 10.4. The summed E-state index contributed by atoms with van der Waals surface area (Å²) in [7, 11) is 3.28. The van der Waals surface area contributed by atoms with Crippen molar-refractivity contribution in [2.24, 2.45) is 0 Å². The molecule has 3 rings (SSSR count). The van der Waals surface area contributed by atoms with Gasteiger partial charge in [-0.05, 0) is 36.4 Å². The van der Waals surface area contributed by atoms with E-state index in [2.05, 4.69) is 26.2 Å². The molecule has 1 N–H and O–H groups in total. The number of nitrogens with zero attached hydrogens (tertiary/aromatic N) is 1. The second-order valence-electron chi connectivity index (χ2n) is 4.74. The summed E-state index contributed by atoms with van der Waals surface area (Å²) in [5.41, 5.74) is 2.80. The van der Waals surface area contributed by atoms with E-state index in [1.54, 1.807) is 25.6 Å². The van der Waals surface area contributed by atoms with Crippen molar-refractivity contribution >= 4 is 38.1 Å². The van der Waals surface area contributed by atoms with Gasteiger partial charge in [-0.25, -0.2) is 4.98 Å². The zero-order valence-corrected chi connectivity index (χ0v) is 15.1. The molecule has 0 saturated carbocycles. The Labute approximate surface area is 147 Å². The minimum absolute atomic E-state index is 0.741. The average Bonchev–Trinajstić information content (AvgIpc) is 3.04. The molecule has 6 heteroatoms. The highest BCUT2D eigenvalue weighted by Crippen LogP contribution is 2.35. The van der Waals surface area contributed by atoms with Gasteiger partial charge in [0.25, 0.3) is 0 Å². The van der Waals surface area contributed by atoms with Crippen LogP contribution in [0.5, 0.6) is 11.5 Å². The molecule has 3 aromatic rings. The molecule has 0 aliphatic rings. The van der Waals surface area contributed by atoms with Crippen molar-refractivity contribution < 1.29 is 9.47 Å². The third kappa shape index (κ3) is 3.65. The number of hydrogen-bond donors (Lipinski definition) is 1. The van der Waals surface area contributed by atoms with E-state index in [0.29, 0.717) is 0 Å². The van der Waals surface area contributed by atoms with Crippen molar-refractivity contribution in [1.82, 2.24) is 4.98 Å². The fourth-order valence-corrected chi connectivity index (χ4v) is 3.12. The Kier molecular flexibility index (Phi) is 4.83. The molecular formula is C17H15BrN2O2S. The highest BCUT2D eigenvalue weighted by Gasteiger charge is 2.11. The summed E-state index contributed by atoms with van der Waals surface area (Å²) in [6, 6.07) is 13.7. The molecular weight excluding hydrogens is 376 g/mol. The topological polar surface area (TPSA) is 43.4 Å². The number of hydrogen-bond acceptors (Lipinski definition) is 5. The van der Waals surface area contributed by atoms with Crippen molar-refractivity contribution in [2.75, 3.05) is 19.5 Å². The summed E-state index contributed by atoms with van der Waals surface area (Å²) in [6.07, 6.45) is 0. The number of benzene rings is 2. The first-order valence-electron chi connectivity index (χ1n) is 6.90. The van der Waals surface area contributed by atoms with Crippen LogP contribution in [0.2, 0.25) is 0 Å². The Balaban J connectivity index is 1.85. The lowest BCUT2D eigenvalue weighted by atomic mass is 10.1. The maximum absolute atomic E-state index is 5.44. The van der Waals surface area contributed by atoms with Gasteiger partial charge < -0.3 is 14.8 Å². The second kappa shape index (κ2) is 7.02. The molecule has 0 saturated heterocycles. The van der Waals surface area contributed by atoms with Crippen LogP contribution in [0.4, 0.5) is 10.8 Å². The van der Waals surface area contributed by atoms with Crippen LogP contribution < -0.4 is 14.8 Å². The Morgan fingerprint density at radius 3 is 2.52 bits per heavy atom. The SMILES string of the molecule is COc1ccc(-c2csc(Nc3ccc(Br)cc3)n2)c(OC)c1. The van der Waals surface area contributed by atoms with Crippen LogP contribution in [0.3, 0.4) is 0 Å². The largest absolute Gasteiger partial charge is 0.497 e. The summed E-state index contributed by atoms with van der Waals surface area (Å²) in [5.74, 6) is 1.50. The van der Waals surface area contributed by atoms with E-state index in [4.69, 9.17) is 9.47 Å². The van der Waals surface area contributed by atoms with Crippen LogP contribution in [0.1, 0.15) is 0 Å². The molecule has 1 aromatic heterocycles. The Morgan fingerprint density at radius 2 is 1.83 bits per heavy atom. The summed E-state index contributed by atoms with van der Waals surface area (Å²) in [4.78, 5) is 4.64. The smallest absolute Gasteiger partial charge is 0.187 e. The lowest BCUT2D eigenvalue weighted by Crippen LogP contribution is -1.92. The Hall–Kier alpha value is -2.05. The molecule has 1 heterocycles. The molecule has 2 aromatic carbocycles. The molecule has 0 aliphatic carbocycles. The number of methoxy groups -OCH3 is 2. The molecule has 0 aliphatic heterocycles. The van der Waals surface area contributed by atoms with E-state index in [1.165, 1.54) is 0 Å². The van der Waals surface area contributed by atoms with Gasteiger partial charge in [0, 0.05) is 27.2 Å². The second-order valence-corrected chi connectivity index (χ2v) is 6.51. The van der Waals surface area contributed by atoms with Gasteiger partial charge in [-0.1, -0.05) is 15.9 Å². The summed E-state index contributed by atoms with van der Waals surface area (Å²) in [5, 5.41) is 6.14. The fourth-order valence-electron chi connectivity index (χ4n) is 2.12. The number of halogens is 1. The third-order valence-electron chi connectivity index (χ3n) is 3.28. The van der Waals surface area contributed by atoms with E-state index in [0.717, 1.165) is 38.0 Å². The van der Waals surface area contributed by atoms with E-state index in [-0.39, 0.29) is 0 Å². The van der Waals surface area contributed by atoms with Crippen molar-refractivity contribution in [1.29, 1.82) is 0 Å². The van der Waals surface area contributed by atoms with Crippen LogP contribution in [-0.4, -0.2) is 19.2 Å². The molecule has 0 spiro atoms. The van der Waals surface area contributed by atoms with E-state index < -0.39 is 0 Å². The van der Waals surface area contributed by atoms with E-state index in [1.807, 2.05) is 47.8 Å². The predicted molar refractivity (Wildman–Crippen MR) is 98.1 cm³/mol. The first-order valence-corrected chi connectivity index (χ1v) is 8.57. The molecule has 4 nitrogen and oxygen atoms in total. The van der Waals surface area contributed by atoms with Gasteiger partial charge in [0.15, 0.2) is 5.13 Å². The van der Waals surface area contributed by atoms with E-state index >= 15 is 0 Å². The lowest BCUT2D eigenvalue weighted by Gasteiger charge is -2.08.